The van der Waals surface area contributed by atoms with Gasteiger partial charge in [-0.2, -0.15) is 4.31 Å². The van der Waals surface area contributed by atoms with Crippen LogP contribution in [0.25, 0.3) is 0 Å². The second-order valence-corrected chi connectivity index (χ2v) is 7.06. The highest BCUT2D eigenvalue weighted by atomic mass is 32.2. The van der Waals surface area contributed by atoms with Crippen molar-refractivity contribution in [3.63, 3.8) is 0 Å². The first-order chi connectivity index (χ1) is 9.84. The molecule has 1 atom stereocenters. The van der Waals surface area contributed by atoms with Crippen molar-refractivity contribution in [2.45, 2.75) is 31.7 Å². The van der Waals surface area contributed by atoms with Crippen LogP contribution in [0.2, 0.25) is 0 Å². The molecule has 0 aliphatic carbocycles. The average Bonchev–Trinajstić information content (AvgIpc) is 2.42. The Morgan fingerprint density at radius 2 is 1.90 bits per heavy atom. The zero-order chi connectivity index (χ0) is 16.0. The van der Waals surface area contributed by atoms with Crippen LogP contribution in [0.1, 0.15) is 19.4 Å². The number of aryl methyl sites for hydroxylation is 1. The fourth-order valence-corrected chi connectivity index (χ4v) is 3.64. The van der Waals surface area contributed by atoms with Crippen LogP contribution < -0.4 is 0 Å². The molecule has 3 nitrogen and oxygen atoms in total. The first-order valence-electron chi connectivity index (χ1n) is 6.72. The van der Waals surface area contributed by atoms with Crippen LogP contribution in [0.5, 0.6) is 0 Å². The Morgan fingerprint density at radius 1 is 1.33 bits per heavy atom. The van der Waals surface area contributed by atoms with Crippen LogP contribution in [-0.2, 0) is 10.0 Å². The molecule has 0 heterocycles. The Morgan fingerprint density at radius 3 is 2.33 bits per heavy atom. The second-order valence-electron chi connectivity index (χ2n) is 5.17. The third-order valence-electron chi connectivity index (χ3n) is 3.18. The first kappa shape index (κ1) is 17.3. The quantitative estimate of drug-likeness (QED) is 0.598. The van der Waals surface area contributed by atoms with Crippen LogP contribution in [0.15, 0.2) is 47.5 Å². The summed E-state index contributed by atoms with van der Waals surface area (Å²) in [5, 5.41) is 0. The molecule has 0 unspecified atom stereocenters. The number of hydrogen-bond acceptors (Lipinski definition) is 2. The molecule has 21 heavy (non-hydrogen) atoms. The fraction of sp³-hybridized carbons (Fsp3) is 0.353. The van der Waals surface area contributed by atoms with Gasteiger partial charge in [-0.25, -0.2) is 8.42 Å². The van der Waals surface area contributed by atoms with E-state index in [1.54, 1.807) is 30.3 Å². The third kappa shape index (κ3) is 4.09. The minimum Gasteiger partial charge on any atom is -0.207 e. The number of terminal acetylenes is 1. The smallest absolute Gasteiger partial charge is 0.207 e. The summed E-state index contributed by atoms with van der Waals surface area (Å²) in [5.74, 6) is 2.49. The van der Waals surface area contributed by atoms with Crippen LogP contribution in [-0.4, -0.2) is 25.3 Å². The van der Waals surface area contributed by atoms with E-state index in [9.17, 15) is 8.42 Å². The van der Waals surface area contributed by atoms with Gasteiger partial charge in [0.05, 0.1) is 17.5 Å². The molecule has 4 heteroatoms. The topological polar surface area (TPSA) is 37.4 Å². The molecule has 0 saturated heterocycles. The molecule has 0 bridgehead atoms. The molecule has 0 N–H and O–H groups in total. The molecule has 1 rings (SSSR count). The van der Waals surface area contributed by atoms with Gasteiger partial charge in [-0.15, -0.1) is 12.2 Å². The van der Waals surface area contributed by atoms with E-state index in [0.717, 1.165) is 5.56 Å². The summed E-state index contributed by atoms with van der Waals surface area (Å²) in [6.45, 7) is 9.33. The Kier molecular flexibility index (Phi) is 5.99. The lowest BCUT2D eigenvalue weighted by Crippen LogP contribution is -2.42. The minimum atomic E-state index is -3.65. The van der Waals surface area contributed by atoms with E-state index in [1.165, 1.54) is 4.31 Å². The maximum Gasteiger partial charge on any atom is 0.244 e. The van der Waals surface area contributed by atoms with Gasteiger partial charge in [0, 0.05) is 0 Å². The summed E-state index contributed by atoms with van der Waals surface area (Å²) in [5.41, 5.74) is 3.67. The molecule has 0 aliphatic heterocycles. The molecule has 112 valence electrons. The summed E-state index contributed by atoms with van der Waals surface area (Å²) in [7, 11) is -3.65. The lowest BCUT2D eigenvalue weighted by atomic mass is 10.0. The summed E-state index contributed by atoms with van der Waals surface area (Å²) >= 11 is 0. The Labute approximate surface area is 128 Å². The Bertz CT molecular complexity index is 660. The second kappa shape index (κ2) is 7.28. The molecular formula is C17H21NO2S. The molecule has 0 spiro atoms. The van der Waals surface area contributed by atoms with Gasteiger partial charge in [-0.1, -0.05) is 44.0 Å². The standard InChI is InChI=1S/C17H21NO2S/c1-6-8-17(14(3)4)18(13-7-2)21(19,20)16-11-9-15(5)10-12-16/h2,8-12,14,17H,1,13H2,3-5H3/t17-/m1/s1. The van der Waals surface area contributed by atoms with Crippen molar-refractivity contribution in [3.8, 4) is 12.3 Å². The maximum absolute atomic E-state index is 12.8. The first-order valence-corrected chi connectivity index (χ1v) is 8.16. The highest BCUT2D eigenvalue weighted by Gasteiger charge is 2.31. The highest BCUT2D eigenvalue weighted by Crippen LogP contribution is 2.22. The maximum atomic E-state index is 12.8. The van der Waals surface area contributed by atoms with Crippen LogP contribution in [0.3, 0.4) is 0 Å². The largest absolute Gasteiger partial charge is 0.244 e. The van der Waals surface area contributed by atoms with Crippen molar-refractivity contribution in [2.24, 2.45) is 5.92 Å². The molecule has 1 aromatic carbocycles. The van der Waals surface area contributed by atoms with Crippen molar-refractivity contribution in [1.29, 1.82) is 0 Å². The van der Waals surface area contributed by atoms with Gasteiger partial charge >= 0.3 is 0 Å². The molecule has 0 amide bonds. The summed E-state index contributed by atoms with van der Waals surface area (Å²) in [4.78, 5) is 0.242. The van der Waals surface area contributed by atoms with Gasteiger partial charge in [-0.3, -0.25) is 0 Å². The van der Waals surface area contributed by atoms with Gasteiger partial charge < -0.3 is 0 Å². The monoisotopic (exact) mass is 303 g/mol. The number of benzene rings is 1. The highest BCUT2D eigenvalue weighted by molar-refractivity contribution is 7.89. The SMILES string of the molecule is C#CCN([C@H](C=C=C)C(C)C)S(=O)(=O)c1ccc(C)cc1. The van der Waals surface area contributed by atoms with Gasteiger partial charge in [0.1, 0.15) is 0 Å². The molecule has 0 fully saturated rings. The van der Waals surface area contributed by atoms with Crippen LogP contribution in [0.4, 0.5) is 0 Å². The van der Waals surface area contributed by atoms with Crippen molar-refractivity contribution < 1.29 is 8.42 Å². The number of nitrogens with zero attached hydrogens (tertiary/aromatic N) is 1. The molecule has 0 aliphatic rings. The van der Waals surface area contributed by atoms with E-state index in [4.69, 9.17) is 6.42 Å². The van der Waals surface area contributed by atoms with Crippen molar-refractivity contribution >= 4 is 10.0 Å². The Hall–Kier alpha value is -1.79. The predicted molar refractivity (Wildman–Crippen MR) is 86.2 cm³/mol. The number of rotatable bonds is 6. The predicted octanol–water partition coefficient (Wildman–Crippen LogP) is 2.98. The fourth-order valence-electron chi connectivity index (χ4n) is 2.02. The number of hydrogen-bond donors (Lipinski definition) is 0. The molecular weight excluding hydrogens is 282 g/mol. The van der Waals surface area contributed by atoms with Crippen LogP contribution >= 0.6 is 0 Å². The minimum absolute atomic E-state index is 0.0111. The van der Waals surface area contributed by atoms with Crippen molar-refractivity contribution in [1.82, 2.24) is 4.31 Å². The van der Waals surface area contributed by atoms with E-state index >= 15 is 0 Å². The lowest BCUT2D eigenvalue weighted by Gasteiger charge is -2.29. The lowest BCUT2D eigenvalue weighted by molar-refractivity contribution is 0.327. The van der Waals surface area contributed by atoms with Gasteiger partial charge in [0.15, 0.2) is 0 Å². The Balaban J connectivity index is 3.35. The normalized spacial score (nSPS) is 12.8. The van der Waals surface area contributed by atoms with Gasteiger partial charge in [0.2, 0.25) is 10.0 Å². The number of sulfonamides is 1. The van der Waals surface area contributed by atoms with E-state index in [-0.39, 0.29) is 23.4 Å². The van der Waals surface area contributed by atoms with Crippen molar-refractivity contribution in [2.75, 3.05) is 6.54 Å². The molecule has 0 radical (unpaired) electrons. The average molecular weight is 303 g/mol. The van der Waals surface area contributed by atoms with E-state index < -0.39 is 10.0 Å². The van der Waals surface area contributed by atoms with E-state index in [2.05, 4.69) is 18.2 Å². The van der Waals surface area contributed by atoms with Crippen LogP contribution in [0, 0.1) is 25.2 Å². The molecule has 0 saturated carbocycles. The summed E-state index contributed by atoms with van der Waals surface area (Å²) in [6, 6.07) is 6.38. The third-order valence-corrected chi connectivity index (χ3v) is 5.04. The van der Waals surface area contributed by atoms with E-state index in [1.807, 2.05) is 20.8 Å². The van der Waals surface area contributed by atoms with Gasteiger partial charge in [-0.05, 0) is 31.1 Å². The van der Waals surface area contributed by atoms with Crippen molar-refractivity contribution in [3.05, 3.63) is 48.2 Å². The zero-order valence-electron chi connectivity index (χ0n) is 12.7. The molecule has 0 aromatic heterocycles. The van der Waals surface area contributed by atoms with Gasteiger partial charge in [0.25, 0.3) is 0 Å². The summed E-state index contributed by atoms with van der Waals surface area (Å²) < 4.78 is 27.0. The van der Waals surface area contributed by atoms with E-state index in [0.29, 0.717) is 0 Å². The summed E-state index contributed by atoms with van der Waals surface area (Å²) in [6.07, 6.45) is 7.00. The molecule has 1 aromatic rings. The zero-order valence-corrected chi connectivity index (χ0v) is 13.5.